The molecule has 0 amide bonds. The van der Waals surface area contributed by atoms with Crippen LogP contribution in [-0.4, -0.2) is 0 Å². The zero-order valence-corrected chi connectivity index (χ0v) is 9.97. The van der Waals surface area contributed by atoms with Crippen LogP contribution < -0.4 is 5.73 Å². The summed E-state index contributed by atoms with van der Waals surface area (Å²) in [6, 6.07) is 9.99. The van der Waals surface area contributed by atoms with Gasteiger partial charge in [-0.15, -0.1) is 12.4 Å². The first-order chi connectivity index (χ1) is 6.20. The Hall–Kier alpha value is -0.790. The second-order valence-electron chi connectivity index (χ2n) is 3.06. The van der Waals surface area contributed by atoms with Crippen molar-refractivity contribution in [3.05, 3.63) is 47.5 Å². The minimum absolute atomic E-state index is 0. The van der Waals surface area contributed by atoms with Gasteiger partial charge in [-0.3, -0.25) is 0 Å². The molecule has 1 aromatic rings. The van der Waals surface area contributed by atoms with Crippen LogP contribution in [0.4, 0.5) is 0 Å². The normalized spacial score (nSPS) is 7.71. The lowest BCUT2D eigenvalue weighted by Gasteiger charge is -1.90. The van der Waals surface area contributed by atoms with Crippen LogP contribution in [0.1, 0.15) is 26.3 Å². The van der Waals surface area contributed by atoms with Crippen LogP contribution in [0.5, 0.6) is 0 Å². The number of hydrogen-bond acceptors (Lipinski definition) is 1. The van der Waals surface area contributed by atoms with E-state index in [4.69, 9.17) is 5.73 Å². The Balaban J connectivity index is 0. The van der Waals surface area contributed by atoms with Gasteiger partial charge in [0.05, 0.1) is 0 Å². The summed E-state index contributed by atoms with van der Waals surface area (Å²) < 4.78 is 0. The molecule has 14 heavy (non-hydrogen) atoms. The Morgan fingerprint density at radius 2 is 1.64 bits per heavy atom. The third-order valence-corrected chi connectivity index (χ3v) is 1.66. The van der Waals surface area contributed by atoms with Crippen LogP contribution in [0.25, 0.3) is 0 Å². The van der Waals surface area contributed by atoms with Gasteiger partial charge in [0.15, 0.2) is 0 Å². The van der Waals surface area contributed by atoms with Crippen molar-refractivity contribution in [1.82, 2.24) is 0 Å². The first-order valence-electron chi connectivity index (χ1n) is 4.54. The Kier molecular flexibility index (Phi) is 11.5. The second-order valence-corrected chi connectivity index (χ2v) is 3.06. The minimum Gasteiger partial charge on any atom is -0.326 e. The van der Waals surface area contributed by atoms with Gasteiger partial charge in [0.1, 0.15) is 0 Å². The van der Waals surface area contributed by atoms with Crippen LogP contribution in [0.3, 0.4) is 0 Å². The standard InChI is InChI=1S/C7H9N.C5H10.ClH/c8-6-7-4-2-1-3-5-7;1-4-5(2)3;/h1-5H,6,8H2;4H,1-3H3;1H. The molecule has 0 aromatic heterocycles. The summed E-state index contributed by atoms with van der Waals surface area (Å²) in [7, 11) is 0. The van der Waals surface area contributed by atoms with Gasteiger partial charge in [-0.25, -0.2) is 0 Å². The van der Waals surface area contributed by atoms with Crippen LogP contribution in [0, 0.1) is 0 Å². The van der Waals surface area contributed by atoms with Crippen LogP contribution in [0.2, 0.25) is 0 Å². The number of halogens is 1. The molecule has 0 atom stereocenters. The fraction of sp³-hybridized carbons (Fsp3) is 0.333. The molecule has 0 heterocycles. The van der Waals surface area contributed by atoms with E-state index in [0.717, 1.165) is 0 Å². The van der Waals surface area contributed by atoms with Crippen molar-refractivity contribution in [2.45, 2.75) is 27.3 Å². The zero-order chi connectivity index (χ0) is 10.1. The van der Waals surface area contributed by atoms with E-state index < -0.39 is 0 Å². The third kappa shape index (κ3) is 9.30. The highest BCUT2D eigenvalue weighted by Gasteiger charge is 1.80. The van der Waals surface area contributed by atoms with Crippen molar-refractivity contribution >= 4 is 12.4 Å². The van der Waals surface area contributed by atoms with E-state index in [2.05, 4.69) is 19.9 Å². The largest absolute Gasteiger partial charge is 0.326 e. The molecule has 2 N–H and O–H groups in total. The first kappa shape index (κ1) is 15.7. The van der Waals surface area contributed by atoms with Crippen molar-refractivity contribution in [1.29, 1.82) is 0 Å². The predicted octanol–water partition coefficient (Wildman–Crippen LogP) is 3.54. The summed E-state index contributed by atoms with van der Waals surface area (Å²) in [4.78, 5) is 0. The van der Waals surface area contributed by atoms with Crippen molar-refractivity contribution < 1.29 is 0 Å². The quantitative estimate of drug-likeness (QED) is 0.710. The highest BCUT2D eigenvalue weighted by atomic mass is 35.5. The maximum absolute atomic E-state index is 5.35. The van der Waals surface area contributed by atoms with E-state index in [-0.39, 0.29) is 12.4 Å². The SMILES string of the molecule is CC=C(C)C.Cl.NCc1ccccc1. The Morgan fingerprint density at radius 3 is 1.86 bits per heavy atom. The molecular weight excluding hydrogens is 194 g/mol. The first-order valence-corrected chi connectivity index (χ1v) is 4.54. The molecule has 0 unspecified atom stereocenters. The van der Waals surface area contributed by atoms with Crippen molar-refractivity contribution in [2.75, 3.05) is 0 Å². The number of benzene rings is 1. The fourth-order valence-electron chi connectivity index (χ4n) is 0.614. The minimum atomic E-state index is 0. The fourth-order valence-corrected chi connectivity index (χ4v) is 0.614. The molecule has 1 aromatic carbocycles. The van der Waals surface area contributed by atoms with E-state index >= 15 is 0 Å². The number of nitrogens with two attached hydrogens (primary N) is 1. The van der Waals surface area contributed by atoms with E-state index in [1.165, 1.54) is 11.1 Å². The average molecular weight is 214 g/mol. The molecular formula is C12H20ClN. The molecule has 0 fully saturated rings. The van der Waals surface area contributed by atoms with Crippen LogP contribution in [-0.2, 0) is 6.54 Å². The topological polar surface area (TPSA) is 26.0 Å². The monoisotopic (exact) mass is 213 g/mol. The molecule has 2 heteroatoms. The summed E-state index contributed by atoms with van der Waals surface area (Å²) in [5, 5.41) is 0. The highest BCUT2D eigenvalue weighted by Crippen LogP contribution is 1.94. The summed E-state index contributed by atoms with van der Waals surface area (Å²) in [5.41, 5.74) is 7.92. The highest BCUT2D eigenvalue weighted by molar-refractivity contribution is 5.85. The lowest BCUT2D eigenvalue weighted by Crippen LogP contribution is -1.94. The predicted molar refractivity (Wildman–Crippen MR) is 66.7 cm³/mol. The molecule has 0 aliphatic carbocycles. The Labute approximate surface area is 93.4 Å². The van der Waals surface area contributed by atoms with Gasteiger partial charge in [-0.1, -0.05) is 42.0 Å². The summed E-state index contributed by atoms with van der Waals surface area (Å²) >= 11 is 0. The third-order valence-electron chi connectivity index (χ3n) is 1.66. The maximum Gasteiger partial charge on any atom is 0.0178 e. The smallest absolute Gasteiger partial charge is 0.0178 e. The molecule has 0 saturated heterocycles. The average Bonchev–Trinajstić information content (AvgIpc) is 2.20. The number of hydrogen-bond donors (Lipinski definition) is 1. The van der Waals surface area contributed by atoms with Gasteiger partial charge in [0.25, 0.3) is 0 Å². The van der Waals surface area contributed by atoms with E-state index in [0.29, 0.717) is 6.54 Å². The zero-order valence-electron chi connectivity index (χ0n) is 9.16. The molecule has 0 spiro atoms. The molecule has 0 radical (unpaired) electrons. The Morgan fingerprint density at radius 1 is 1.21 bits per heavy atom. The number of rotatable bonds is 1. The van der Waals surface area contributed by atoms with Gasteiger partial charge in [-0.2, -0.15) is 0 Å². The van der Waals surface area contributed by atoms with Crippen molar-refractivity contribution in [3.8, 4) is 0 Å². The Bertz CT molecular complexity index is 238. The van der Waals surface area contributed by atoms with E-state index in [1.54, 1.807) is 0 Å². The molecule has 0 bridgehead atoms. The van der Waals surface area contributed by atoms with E-state index in [9.17, 15) is 0 Å². The molecule has 0 saturated carbocycles. The van der Waals surface area contributed by atoms with Gasteiger partial charge < -0.3 is 5.73 Å². The molecule has 0 aliphatic rings. The van der Waals surface area contributed by atoms with Gasteiger partial charge >= 0.3 is 0 Å². The lowest BCUT2D eigenvalue weighted by atomic mass is 10.2. The van der Waals surface area contributed by atoms with Gasteiger partial charge in [0, 0.05) is 6.54 Å². The van der Waals surface area contributed by atoms with Crippen LogP contribution >= 0.6 is 12.4 Å². The second kappa shape index (κ2) is 10.3. The van der Waals surface area contributed by atoms with Gasteiger partial charge in [0.2, 0.25) is 0 Å². The lowest BCUT2D eigenvalue weighted by molar-refractivity contribution is 1.07. The van der Waals surface area contributed by atoms with Crippen molar-refractivity contribution in [2.24, 2.45) is 5.73 Å². The van der Waals surface area contributed by atoms with Crippen LogP contribution in [0.15, 0.2) is 42.0 Å². The summed E-state index contributed by atoms with van der Waals surface area (Å²) in [6.07, 6.45) is 2.08. The maximum atomic E-state index is 5.35. The summed E-state index contributed by atoms with van der Waals surface area (Å²) in [6.45, 7) is 6.84. The van der Waals surface area contributed by atoms with Crippen molar-refractivity contribution in [3.63, 3.8) is 0 Å². The molecule has 0 aliphatic heterocycles. The molecule has 1 nitrogen and oxygen atoms in total. The number of allylic oxidation sites excluding steroid dienone is 2. The molecule has 80 valence electrons. The van der Waals surface area contributed by atoms with E-state index in [1.807, 2.05) is 37.3 Å². The van der Waals surface area contributed by atoms with Gasteiger partial charge in [-0.05, 0) is 26.3 Å². The summed E-state index contributed by atoms with van der Waals surface area (Å²) in [5.74, 6) is 0. The molecule has 1 rings (SSSR count).